The van der Waals surface area contributed by atoms with Crippen molar-refractivity contribution >= 4 is 18.0 Å². The van der Waals surface area contributed by atoms with Crippen molar-refractivity contribution in [2.45, 2.75) is 50.6 Å². The fourth-order valence-corrected chi connectivity index (χ4v) is 4.94. The van der Waals surface area contributed by atoms with Crippen molar-refractivity contribution in [3.8, 4) is 11.1 Å². The van der Waals surface area contributed by atoms with Crippen molar-refractivity contribution in [2.75, 3.05) is 13.7 Å². The predicted molar refractivity (Wildman–Crippen MR) is 124 cm³/mol. The van der Waals surface area contributed by atoms with Crippen LogP contribution in [0.15, 0.2) is 48.5 Å². The lowest BCUT2D eigenvalue weighted by Gasteiger charge is -2.32. The fraction of sp³-hybridized carbons (Fsp3) is 0.423. The molecule has 1 fully saturated rings. The molecule has 174 valence electrons. The van der Waals surface area contributed by atoms with Crippen LogP contribution >= 0.6 is 0 Å². The minimum absolute atomic E-state index is 0.0169. The average Bonchev–Trinajstić information content (AvgIpc) is 3.15. The van der Waals surface area contributed by atoms with Crippen LogP contribution in [-0.4, -0.2) is 53.7 Å². The lowest BCUT2D eigenvalue weighted by Crippen LogP contribution is -2.45. The maximum Gasteiger partial charge on any atom is 0.407 e. The molecule has 2 N–H and O–H groups in total. The van der Waals surface area contributed by atoms with Gasteiger partial charge in [-0.15, -0.1) is 0 Å². The van der Waals surface area contributed by atoms with Crippen LogP contribution in [0.25, 0.3) is 11.1 Å². The Labute approximate surface area is 193 Å². The first-order chi connectivity index (χ1) is 15.9. The Balaban J connectivity index is 1.28. The van der Waals surface area contributed by atoms with E-state index in [4.69, 9.17) is 9.84 Å². The van der Waals surface area contributed by atoms with Crippen LogP contribution in [0.3, 0.4) is 0 Å². The number of carbonyl (C=O) groups excluding carboxylic acids is 2. The van der Waals surface area contributed by atoms with Gasteiger partial charge in [0.25, 0.3) is 0 Å². The molecule has 0 bridgehead atoms. The molecule has 1 saturated carbocycles. The van der Waals surface area contributed by atoms with E-state index in [0.717, 1.165) is 0 Å². The molecule has 0 aliphatic heterocycles. The molecule has 2 aliphatic carbocycles. The lowest BCUT2D eigenvalue weighted by molar-refractivity contribution is -0.150. The first-order valence-electron chi connectivity index (χ1n) is 11.5. The number of hydrogen-bond acceptors (Lipinski definition) is 4. The molecule has 7 nitrogen and oxygen atoms in total. The van der Waals surface area contributed by atoms with Gasteiger partial charge < -0.3 is 20.1 Å². The lowest BCUT2D eigenvalue weighted by atomic mass is 9.85. The molecular weight excluding hydrogens is 420 g/mol. The first-order valence-corrected chi connectivity index (χ1v) is 11.5. The number of carbonyl (C=O) groups is 3. The van der Waals surface area contributed by atoms with E-state index < -0.39 is 18.1 Å². The van der Waals surface area contributed by atoms with E-state index in [0.29, 0.717) is 25.7 Å². The number of ether oxygens (including phenoxy) is 1. The van der Waals surface area contributed by atoms with Gasteiger partial charge in [0.05, 0.1) is 0 Å². The normalized spacial score (nSPS) is 20.3. The molecule has 4 rings (SSSR count). The molecule has 1 atom stereocenters. The molecule has 0 heterocycles. The van der Waals surface area contributed by atoms with Crippen LogP contribution in [0.5, 0.6) is 0 Å². The van der Waals surface area contributed by atoms with Crippen LogP contribution in [0.4, 0.5) is 4.79 Å². The summed E-state index contributed by atoms with van der Waals surface area (Å²) in [5.41, 5.74) is 4.72. The zero-order valence-corrected chi connectivity index (χ0v) is 19.0. The van der Waals surface area contributed by atoms with Crippen LogP contribution in [0.1, 0.15) is 49.7 Å². The van der Waals surface area contributed by atoms with E-state index in [2.05, 4.69) is 29.6 Å². The van der Waals surface area contributed by atoms with Gasteiger partial charge in [0.1, 0.15) is 12.6 Å². The molecule has 2 aromatic rings. The predicted octanol–water partition coefficient (Wildman–Crippen LogP) is 4.02. The number of amides is 2. The SMILES string of the molecule is CC(C(=O)O)N(C)C(=O)C1CCC(NC(=O)OCC2c3ccccc3-c3ccccc32)CC1. The van der Waals surface area contributed by atoms with Gasteiger partial charge in [0.2, 0.25) is 5.91 Å². The van der Waals surface area contributed by atoms with Crippen molar-refractivity contribution in [1.29, 1.82) is 0 Å². The molecule has 2 amide bonds. The van der Waals surface area contributed by atoms with Gasteiger partial charge in [-0.1, -0.05) is 48.5 Å². The average molecular weight is 451 g/mol. The highest BCUT2D eigenvalue weighted by Gasteiger charge is 2.33. The van der Waals surface area contributed by atoms with Crippen LogP contribution in [0, 0.1) is 5.92 Å². The number of alkyl carbamates (subject to hydrolysis) is 1. The Bertz CT molecular complexity index is 999. The van der Waals surface area contributed by atoms with Crippen molar-refractivity contribution in [1.82, 2.24) is 10.2 Å². The second-order valence-corrected chi connectivity index (χ2v) is 8.98. The van der Waals surface area contributed by atoms with Crippen molar-refractivity contribution < 1.29 is 24.2 Å². The molecule has 2 aliphatic rings. The highest BCUT2D eigenvalue weighted by Crippen LogP contribution is 2.44. The third-order valence-electron chi connectivity index (χ3n) is 7.03. The minimum Gasteiger partial charge on any atom is -0.480 e. The maximum absolute atomic E-state index is 12.6. The molecule has 2 aromatic carbocycles. The van der Waals surface area contributed by atoms with Crippen molar-refractivity contribution in [3.05, 3.63) is 59.7 Å². The maximum atomic E-state index is 12.6. The summed E-state index contributed by atoms with van der Waals surface area (Å²) in [5, 5.41) is 12.1. The molecule has 0 aromatic heterocycles. The molecule has 7 heteroatoms. The summed E-state index contributed by atoms with van der Waals surface area (Å²) >= 11 is 0. The van der Waals surface area contributed by atoms with Gasteiger partial charge in [-0.2, -0.15) is 0 Å². The van der Waals surface area contributed by atoms with Crippen LogP contribution in [-0.2, 0) is 14.3 Å². The highest BCUT2D eigenvalue weighted by atomic mass is 16.5. The summed E-state index contributed by atoms with van der Waals surface area (Å²) in [4.78, 5) is 37.5. The Morgan fingerprint density at radius 1 is 1.00 bits per heavy atom. The number of likely N-dealkylation sites (N-methyl/N-ethyl adjacent to an activating group) is 1. The highest BCUT2D eigenvalue weighted by molar-refractivity contribution is 5.84. The first kappa shape index (κ1) is 22.8. The molecule has 0 spiro atoms. The fourth-order valence-electron chi connectivity index (χ4n) is 4.94. The zero-order valence-electron chi connectivity index (χ0n) is 19.0. The Morgan fingerprint density at radius 2 is 1.55 bits per heavy atom. The number of benzene rings is 2. The Hall–Kier alpha value is -3.35. The number of rotatable bonds is 6. The monoisotopic (exact) mass is 450 g/mol. The van der Waals surface area contributed by atoms with E-state index in [1.165, 1.54) is 41.1 Å². The van der Waals surface area contributed by atoms with Crippen LogP contribution < -0.4 is 5.32 Å². The topological polar surface area (TPSA) is 95.9 Å². The molecular formula is C26H30N2O5. The number of carboxylic acid groups (broad SMARTS) is 1. The zero-order chi connectivity index (χ0) is 23.5. The number of nitrogens with zero attached hydrogens (tertiary/aromatic N) is 1. The minimum atomic E-state index is -1.02. The van der Waals surface area contributed by atoms with Gasteiger partial charge in [0, 0.05) is 24.9 Å². The largest absolute Gasteiger partial charge is 0.480 e. The number of hydrogen-bond donors (Lipinski definition) is 2. The van der Waals surface area contributed by atoms with E-state index >= 15 is 0 Å². The quantitative estimate of drug-likeness (QED) is 0.693. The van der Waals surface area contributed by atoms with Crippen molar-refractivity contribution in [2.24, 2.45) is 5.92 Å². The van der Waals surface area contributed by atoms with Gasteiger partial charge in [-0.05, 0) is 54.9 Å². The van der Waals surface area contributed by atoms with Gasteiger partial charge in [-0.25, -0.2) is 9.59 Å². The molecule has 1 unspecified atom stereocenters. The van der Waals surface area contributed by atoms with Gasteiger partial charge >= 0.3 is 12.1 Å². The summed E-state index contributed by atoms with van der Waals surface area (Å²) < 4.78 is 5.62. The third kappa shape index (κ3) is 4.72. The second kappa shape index (κ2) is 9.65. The summed E-state index contributed by atoms with van der Waals surface area (Å²) in [5.74, 6) is -1.36. The van der Waals surface area contributed by atoms with Gasteiger partial charge in [-0.3, -0.25) is 4.79 Å². The number of fused-ring (bicyclic) bond motifs is 3. The van der Waals surface area contributed by atoms with E-state index in [-0.39, 0.29) is 30.4 Å². The summed E-state index contributed by atoms with van der Waals surface area (Å²) in [7, 11) is 1.53. The summed E-state index contributed by atoms with van der Waals surface area (Å²) in [6.45, 7) is 1.77. The molecule has 0 radical (unpaired) electrons. The Kier molecular flexibility index (Phi) is 6.67. The standard InChI is InChI=1S/C26H30N2O5/c1-16(25(30)31)28(2)24(29)17-11-13-18(14-12-17)27-26(32)33-15-23-21-9-5-3-7-19(21)20-8-4-6-10-22(20)23/h3-10,16-18,23H,11-15H2,1-2H3,(H,27,32)(H,30,31). The van der Waals surface area contributed by atoms with Gasteiger partial charge in [0.15, 0.2) is 0 Å². The summed E-state index contributed by atoms with van der Waals surface area (Å²) in [6, 6.07) is 15.5. The van der Waals surface area contributed by atoms with E-state index in [1.807, 2.05) is 24.3 Å². The number of carboxylic acids is 1. The number of aliphatic carboxylic acids is 1. The van der Waals surface area contributed by atoms with Crippen LogP contribution in [0.2, 0.25) is 0 Å². The summed E-state index contributed by atoms with van der Waals surface area (Å²) in [6.07, 6.45) is 2.11. The smallest absolute Gasteiger partial charge is 0.407 e. The third-order valence-corrected chi connectivity index (χ3v) is 7.03. The molecule has 33 heavy (non-hydrogen) atoms. The Morgan fingerprint density at radius 3 is 2.09 bits per heavy atom. The molecule has 0 saturated heterocycles. The van der Waals surface area contributed by atoms with E-state index in [9.17, 15) is 14.4 Å². The van der Waals surface area contributed by atoms with Crippen molar-refractivity contribution in [3.63, 3.8) is 0 Å². The number of nitrogens with one attached hydrogen (secondary N) is 1. The second-order valence-electron chi connectivity index (χ2n) is 8.98. The van der Waals surface area contributed by atoms with E-state index in [1.54, 1.807) is 0 Å².